The van der Waals surface area contributed by atoms with Crippen LogP contribution in [0.2, 0.25) is 0 Å². The van der Waals surface area contributed by atoms with Gasteiger partial charge in [-0.3, -0.25) is 19.8 Å². The first-order valence-electron chi connectivity index (χ1n) is 5.89. The Bertz CT molecular complexity index is 655. The van der Waals surface area contributed by atoms with Crippen LogP contribution >= 0.6 is 11.8 Å². The first-order valence-corrected chi connectivity index (χ1v) is 6.94. The molecule has 1 atom stereocenters. The Morgan fingerprint density at radius 2 is 2.00 bits per heavy atom. The maximum atomic E-state index is 12.0. The smallest absolute Gasteiger partial charge is 0.403 e. The van der Waals surface area contributed by atoms with E-state index in [1.807, 2.05) is 30.3 Å². The second-order valence-electron chi connectivity index (χ2n) is 4.20. The molecule has 2 aromatic rings. The van der Waals surface area contributed by atoms with Gasteiger partial charge in [-0.1, -0.05) is 18.2 Å². The normalized spacial score (nSPS) is 18.5. The average Bonchev–Trinajstić information content (AvgIpc) is 3.06. The van der Waals surface area contributed by atoms with E-state index in [2.05, 4.69) is 0 Å². The lowest BCUT2D eigenvalue weighted by Gasteiger charge is -2.21. The molecule has 0 N–H and O–H groups in total. The lowest BCUT2D eigenvalue weighted by Crippen LogP contribution is -2.27. The molecule has 1 unspecified atom stereocenters. The topological polar surface area (TPSA) is 76.6 Å². The van der Waals surface area contributed by atoms with Crippen molar-refractivity contribution in [2.45, 2.75) is 5.37 Å². The molecule has 0 bridgehead atoms. The van der Waals surface area contributed by atoms with E-state index in [1.165, 1.54) is 17.8 Å². The maximum absolute atomic E-state index is 12.0. The van der Waals surface area contributed by atoms with Gasteiger partial charge in [0.2, 0.25) is 5.91 Å². The first kappa shape index (κ1) is 12.7. The van der Waals surface area contributed by atoms with Gasteiger partial charge >= 0.3 is 5.88 Å². The SMILES string of the molecule is O=C1CSC(c2ccc([N+](=O)[O-])o2)N1c1ccccc1. The number of hydrogen-bond acceptors (Lipinski definition) is 5. The van der Waals surface area contributed by atoms with Crippen LogP contribution in [0.1, 0.15) is 11.1 Å². The monoisotopic (exact) mass is 290 g/mol. The number of nitrogens with zero attached hydrogens (tertiary/aromatic N) is 2. The number of amides is 1. The fourth-order valence-electron chi connectivity index (χ4n) is 2.08. The first-order chi connectivity index (χ1) is 9.66. The molecule has 6 nitrogen and oxygen atoms in total. The molecule has 1 fully saturated rings. The Balaban J connectivity index is 1.95. The summed E-state index contributed by atoms with van der Waals surface area (Å²) >= 11 is 1.39. The average molecular weight is 290 g/mol. The van der Waals surface area contributed by atoms with Crippen LogP contribution in [0.4, 0.5) is 11.6 Å². The van der Waals surface area contributed by atoms with Crippen molar-refractivity contribution in [2.75, 3.05) is 10.7 Å². The summed E-state index contributed by atoms with van der Waals surface area (Å²) < 4.78 is 5.22. The fourth-order valence-corrected chi connectivity index (χ4v) is 3.19. The lowest BCUT2D eigenvalue weighted by molar-refractivity contribution is -0.402. The molecular weight excluding hydrogens is 280 g/mol. The van der Waals surface area contributed by atoms with E-state index < -0.39 is 4.92 Å². The minimum atomic E-state index is -0.586. The molecule has 1 aromatic heterocycles. The van der Waals surface area contributed by atoms with Crippen LogP contribution in [0.25, 0.3) is 0 Å². The summed E-state index contributed by atoms with van der Waals surface area (Å²) in [5.74, 6) is 0.392. The molecule has 7 heteroatoms. The Hall–Kier alpha value is -2.28. The third-order valence-corrected chi connectivity index (χ3v) is 4.11. The Morgan fingerprint density at radius 3 is 2.65 bits per heavy atom. The summed E-state index contributed by atoms with van der Waals surface area (Å²) in [5.41, 5.74) is 0.756. The van der Waals surface area contributed by atoms with E-state index in [4.69, 9.17) is 4.42 Å². The second-order valence-corrected chi connectivity index (χ2v) is 5.26. The summed E-state index contributed by atoms with van der Waals surface area (Å²) in [6.45, 7) is 0. The van der Waals surface area contributed by atoms with E-state index in [9.17, 15) is 14.9 Å². The summed E-state index contributed by atoms with van der Waals surface area (Å²) in [6, 6.07) is 12.1. The standard InChI is InChI=1S/C13H10N2O4S/c16-11-8-20-13(10-6-7-12(19-10)15(17)18)14(11)9-4-2-1-3-5-9/h1-7,13H,8H2. The van der Waals surface area contributed by atoms with Gasteiger partial charge in [-0.15, -0.1) is 11.8 Å². The van der Waals surface area contributed by atoms with E-state index in [0.717, 1.165) is 5.69 Å². The number of anilines is 1. The largest absolute Gasteiger partial charge is 0.433 e. The molecule has 1 aromatic carbocycles. The predicted molar refractivity (Wildman–Crippen MR) is 74.5 cm³/mol. The number of thioether (sulfide) groups is 1. The zero-order valence-electron chi connectivity index (χ0n) is 10.3. The molecule has 1 aliphatic rings. The second kappa shape index (κ2) is 5.01. The third kappa shape index (κ3) is 2.16. The molecule has 1 aliphatic heterocycles. The van der Waals surface area contributed by atoms with Gasteiger partial charge in [0.05, 0.1) is 11.8 Å². The number of hydrogen-bond donors (Lipinski definition) is 0. The van der Waals surface area contributed by atoms with Crippen LogP contribution in [0.3, 0.4) is 0 Å². The summed E-state index contributed by atoms with van der Waals surface area (Å²) in [7, 11) is 0. The van der Waals surface area contributed by atoms with Crippen molar-refractivity contribution >= 4 is 29.2 Å². The van der Waals surface area contributed by atoms with Crippen molar-refractivity contribution in [1.29, 1.82) is 0 Å². The van der Waals surface area contributed by atoms with Gasteiger partial charge in [0.1, 0.15) is 16.1 Å². The zero-order valence-corrected chi connectivity index (χ0v) is 11.1. The van der Waals surface area contributed by atoms with E-state index in [1.54, 1.807) is 11.0 Å². The molecule has 102 valence electrons. The molecule has 0 saturated carbocycles. The number of carbonyl (C=O) groups excluding carboxylic acids is 1. The molecule has 2 heterocycles. The highest BCUT2D eigenvalue weighted by Crippen LogP contribution is 2.42. The molecule has 1 saturated heterocycles. The molecule has 0 aliphatic carbocycles. The summed E-state index contributed by atoms with van der Waals surface area (Å²) in [4.78, 5) is 23.7. The van der Waals surface area contributed by atoms with E-state index in [0.29, 0.717) is 11.5 Å². The predicted octanol–water partition coefficient (Wildman–Crippen LogP) is 2.97. The molecule has 0 radical (unpaired) electrons. The van der Waals surface area contributed by atoms with Crippen LogP contribution in [0.5, 0.6) is 0 Å². The summed E-state index contributed by atoms with van der Waals surface area (Å²) in [6.07, 6.45) is 0. The molecule has 0 spiro atoms. The Kier molecular flexibility index (Phi) is 3.19. The van der Waals surface area contributed by atoms with Crippen molar-refractivity contribution < 1.29 is 14.1 Å². The van der Waals surface area contributed by atoms with Crippen molar-refractivity contribution in [1.82, 2.24) is 0 Å². The van der Waals surface area contributed by atoms with Crippen LogP contribution < -0.4 is 4.90 Å². The van der Waals surface area contributed by atoms with Gasteiger partial charge in [-0.05, 0) is 18.2 Å². The van der Waals surface area contributed by atoms with Crippen LogP contribution in [0.15, 0.2) is 46.9 Å². The molecule has 20 heavy (non-hydrogen) atoms. The summed E-state index contributed by atoms with van der Waals surface area (Å²) in [5, 5.41) is 10.3. The molecular formula is C13H10N2O4S. The van der Waals surface area contributed by atoms with Gasteiger partial charge in [0, 0.05) is 5.69 Å². The van der Waals surface area contributed by atoms with E-state index >= 15 is 0 Å². The Morgan fingerprint density at radius 1 is 1.25 bits per heavy atom. The van der Waals surface area contributed by atoms with Crippen LogP contribution in [-0.4, -0.2) is 16.6 Å². The van der Waals surface area contributed by atoms with Gasteiger partial charge in [0.25, 0.3) is 0 Å². The number of benzene rings is 1. The Labute approximate surface area is 118 Å². The third-order valence-electron chi connectivity index (χ3n) is 2.94. The van der Waals surface area contributed by atoms with Crippen LogP contribution in [0, 0.1) is 10.1 Å². The molecule has 1 amide bonds. The number of furan rings is 1. The highest BCUT2D eigenvalue weighted by atomic mass is 32.2. The number of para-hydroxylation sites is 1. The number of nitro groups is 1. The van der Waals surface area contributed by atoms with E-state index in [-0.39, 0.29) is 17.2 Å². The zero-order chi connectivity index (χ0) is 14.1. The maximum Gasteiger partial charge on any atom is 0.433 e. The minimum Gasteiger partial charge on any atom is -0.403 e. The number of rotatable bonds is 3. The highest BCUT2D eigenvalue weighted by molar-refractivity contribution is 8.00. The minimum absolute atomic E-state index is 0.0368. The lowest BCUT2D eigenvalue weighted by atomic mass is 10.2. The van der Waals surface area contributed by atoms with Gasteiger partial charge < -0.3 is 4.42 Å². The van der Waals surface area contributed by atoms with Crippen molar-refractivity contribution in [3.05, 3.63) is 58.3 Å². The van der Waals surface area contributed by atoms with Gasteiger partial charge in [-0.25, -0.2) is 0 Å². The van der Waals surface area contributed by atoms with Gasteiger partial charge in [-0.2, -0.15) is 0 Å². The molecule has 3 rings (SSSR count). The van der Waals surface area contributed by atoms with Crippen molar-refractivity contribution in [3.63, 3.8) is 0 Å². The fraction of sp³-hybridized carbons (Fsp3) is 0.154. The van der Waals surface area contributed by atoms with Crippen molar-refractivity contribution in [2.24, 2.45) is 0 Å². The van der Waals surface area contributed by atoms with Crippen molar-refractivity contribution in [3.8, 4) is 0 Å². The van der Waals surface area contributed by atoms with Gasteiger partial charge in [0.15, 0.2) is 0 Å². The van der Waals surface area contributed by atoms with Crippen LogP contribution in [-0.2, 0) is 4.79 Å². The quantitative estimate of drug-likeness (QED) is 0.641. The highest BCUT2D eigenvalue weighted by Gasteiger charge is 2.36. The number of carbonyl (C=O) groups is 1.